The number of hydrogen-bond acceptors (Lipinski definition) is 6. The molecular weight excluding hydrogens is 288 g/mol. The molecule has 6 heteroatoms. The van der Waals surface area contributed by atoms with Crippen LogP contribution >= 0.6 is 0 Å². The molecule has 0 aliphatic carbocycles. The third kappa shape index (κ3) is 3.32. The molecule has 22 heavy (non-hydrogen) atoms. The van der Waals surface area contributed by atoms with E-state index in [0.717, 1.165) is 5.56 Å². The van der Waals surface area contributed by atoms with E-state index >= 15 is 0 Å². The van der Waals surface area contributed by atoms with Crippen LogP contribution in [0, 0.1) is 0 Å². The molecule has 1 aromatic rings. The van der Waals surface area contributed by atoms with E-state index in [1.165, 1.54) is 0 Å². The summed E-state index contributed by atoms with van der Waals surface area (Å²) in [5.41, 5.74) is 1.02. The number of hydrogen-bond donors (Lipinski definition) is 2. The van der Waals surface area contributed by atoms with Gasteiger partial charge >= 0.3 is 0 Å². The van der Waals surface area contributed by atoms with Crippen LogP contribution in [0.25, 0.3) is 0 Å². The predicted octanol–water partition coefficient (Wildman–Crippen LogP) is 0.801. The van der Waals surface area contributed by atoms with Gasteiger partial charge in [0.25, 0.3) is 0 Å². The Kier molecular flexibility index (Phi) is 4.49. The van der Waals surface area contributed by atoms with Crippen LogP contribution < -0.4 is 0 Å². The Morgan fingerprint density at radius 3 is 2.64 bits per heavy atom. The van der Waals surface area contributed by atoms with Gasteiger partial charge in [-0.25, -0.2) is 0 Å². The van der Waals surface area contributed by atoms with Gasteiger partial charge in [0.1, 0.15) is 24.4 Å². The summed E-state index contributed by atoms with van der Waals surface area (Å²) in [6.07, 6.45) is -3.90. The van der Waals surface area contributed by atoms with E-state index in [-0.39, 0.29) is 6.61 Å². The van der Waals surface area contributed by atoms with Gasteiger partial charge in [0.15, 0.2) is 12.1 Å². The van der Waals surface area contributed by atoms with Crippen LogP contribution in [0.2, 0.25) is 0 Å². The van der Waals surface area contributed by atoms with E-state index in [4.69, 9.17) is 18.9 Å². The topological polar surface area (TPSA) is 77.4 Å². The molecule has 1 unspecified atom stereocenters. The van der Waals surface area contributed by atoms with Crippen LogP contribution in [0.3, 0.4) is 0 Å². The quantitative estimate of drug-likeness (QED) is 0.838. The highest BCUT2D eigenvalue weighted by Gasteiger charge is 2.55. The first-order chi connectivity index (χ1) is 10.5. The number of ether oxygens (including phenoxy) is 4. The molecule has 0 spiro atoms. The lowest BCUT2D eigenvalue weighted by Gasteiger charge is -2.25. The SMILES string of the molecule is CC1(C)OC2O[C@H]([C@H](O)COCc3ccccc3)[C@H](O)[C@H]2O1. The second-order valence-corrected chi connectivity index (χ2v) is 6.13. The molecule has 0 aromatic heterocycles. The first-order valence-electron chi connectivity index (χ1n) is 7.45. The number of aliphatic hydroxyl groups excluding tert-OH is 2. The normalized spacial score (nSPS) is 34.5. The van der Waals surface area contributed by atoms with Gasteiger partial charge in [-0.05, 0) is 19.4 Å². The van der Waals surface area contributed by atoms with Crippen LogP contribution in [0.1, 0.15) is 19.4 Å². The maximum absolute atomic E-state index is 10.2. The second kappa shape index (κ2) is 6.23. The van der Waals surface area contributed by atoms with Gasteiger partial charge in [0.2, 0.25) is 0 Å². The molecule has 2 fully saturated rings. The fraction of sp³-hybridized carbons (Fsp3) is 0.625. The van der Waals surface area contributed by atoms with Crippen LogP contribution in [0.15, 0.2) is 30.3 Å². The largest absolute Gasteiger partial charge is 0.388 e. The molecule has 2 N–H and O–H groups in total. The summed E-state index contributed by atoms with van der Waals surface area (Å²) in [6, 6.07) is 9.68. The standard InChI is InChI=1S/C16H22O6/c1-16(2)21-14-12(18)13(20-15(14)22-16)11(17)9-19-8-10-6-4-3-5-7-10/h3-7,11-15,17-18H,8-9H2,1-2H3/t11-,12+,13-,14-,15?/m1/s1. The molecule has 0 radical (unpaired) electrons. The van der Waals surface area contributed by atoms with Crippen molar-refractivity contribution in [2.45, 2.75) is 56.9 Å². The first kappa shape index (κ1) is 15.9. The third-order valence-corrected chi connectivity index (χ3v) is 3.83. The van der Waals surface area contributed by atoms with Gasteiger partial charge in [0, 0.05) is 0 Å². The molecular formula is C16H22O6. The van der Waals surface area contributed by atoms with Gasteiger partial charge in [-0.2, -0.15) is 0 Å². The molecule has 3 rings (SSSR count). The number of rotatable bonds is 5. The summed E-state index contributed by atoms with van der Waals surface area (Å²) in [6.45, 7) is 3.98. The Balaban J connectivity index is 1.48. The van der Waals surface area contributed by atoms with Crippen molar-refractivity contribution in [1.82, 2.24) is 0 Å². The maximum Gasteiger partial charge on any atom is 0.190 e. The summed E-state index contributed by atoms with van der Waals surface area (Å²) in [5, 5.41) is 20.4. The smallest absolute Gasteiger partial charge is 0.190 e. The molecule has 2 aliphatic heterocycles. The molecule has 122 valence electrons. The average Bonchev–Trinajstić information content (AvgIpc) is 2.94. The van der Waals surface area contributed by atoms with Crippen molar-refractivity contribution in [3.05, 3.63) is 35.9 Å². The molecule has 2 saturated heterocycles. The molecule has 2 heterocycles. The molecule has 0 amide bonds. The van der Waals surface area contributed by atoms with Gasteiger partial charge in [-0.15, -0.1) is 0 Å². The van der Waals surface area contributed by atoms with E-state index < -0.39 is 36.5 Å². The first-order valence-corrected chi connectivity index (χ1v) is 7.45. The molecule has 0 saturated carbocycles. The Bertz CT molecular complexity index is 491. The Labute approximate surface area is 129 Å². The van der Waals surface area contributed by atoms with Crippen LogP contribution in [0.5, 0.6) is 0 Å². The lowest BCUT2D eigenvalue weighted by molar-refractivity contribution is -0.228. The van der Waals surface area contributed by atoms with Crippen molar-refractivity contribution in [3.8, 4) is 0 Å². The fourth-order valence-corrected chi connectivity index (χ4v) is 2.80. The van der Waals surface area contributed by atoms with Crippen molar-refractivity contribution in [1.29, 1.82) is 0 Å². The third-order valence-electron chi connectivity index (χ3n) is 3.83. The van der Waals surface area contributed by atoms with Crippen molar-refractivity contribution < 1.29 is 29.2 Å². The minimum atomic E-state index is -0.945. The maximum atomic E-state index is 10.2. The van der Waals surface area contributed by atoms with Gasteiger partial charge < -0.3 is 29.2 Å². The van der Waals surface area contributed by atoms with E-state index in [2.05, 4.69) is 0 Å². The summed E-state index contributed by atoms with van der Waals surface area (Å²) in [4.78, 5) is 0. The van der Waals surface area contributed by atoms with Gasteiger partial charge in [-0.1, -0.05) is 30.3 Å². The number of aliphatic hydroxyl groups is 2. The molecule has 6 nitrogen and oxygen atoms in total. The van der Waals surface area contributed by atoms with Crippen molar-refractivity contribution >= 4 is 0 Å². The Morgan fingerprint density at radius 2 is 1.95 bits per heavy atom. The van der Waals surface area contributed by atoms with E-state index in [9.17, 15) is 10.2 Å². The van der Waals surface area contributed by atoms with Crippen LogP contribution in [-0.2, 0) is 25.6 Å². The highest BCUT2D eigenvalue weighted by Crippen LogP contribution is 2.38. The fourth-order valence-electron chi connectivity index (χ4n) is 2.80. The molecule has 0 bridgehead atoms. The van der Waals surface area contributed by atoms with Gasteiger partial charge in [-0.3, -0.25) is 0 Å². The summed E-state index contributed by atoms with van der Waals surface area (Å²) in [7, 11) is 0. The average molecular weight is 310 g/mol. The highest BCUT2D eigenvalue weighted by molar-refractivity contribution is 5.13. The van der Waals surface area contributed by atoms with Crippen LogP contribution in [-0.4, -0.2) is 53.3 Å². The number of benzene rings is 1. The Hall–Kier alpha value is -1.02. The predicted molar refractivity (Wildman–Crippen MR) is 76.8 cm³/mol. The zero-order valence-corrected chi connectivity index (χ0v) is 12.7. The van der Waals surface area contributed by atoms with Crippen molar-refractivity contribution in [2.24, 2.45) is 0 Å². The highest BCUT2D eigenvalue weighted by atomic mass is 16.8. The monoisotopic (exact) mass is 310 g/mol. The van der Waals surface area contributed by atoms with E-state index in [0.29, 0.717) is 6.61 Å². The van der Waals surface area contributed by atoms with Gasteiger partial charge in [0.05, 0.1) is 13.2 Å². The molecule has 1 aromatic carbocycles. The van der Waals surface area contributed by atoms with Crippen LogP contribution in [0.4, 0.5) is 0 Å². The Morgan fingerprint density at radius 1 is 1.23 bits per heavy atom. The molecule has 2 aliphatic rings. The minimum Gasteiger partial charge on any atom is -0.388 e. The number of fused-ring (bicyclic) bond motifs is 1. The van der Waals surface area contributed by atoms with Crippen molar-refractivity contribution in [3.63, 3.8) is 0 Å². The zero-order valence-electron chi connectivity index (χ0n) is 12.7. The van der Waals surface area contributed by atoms with E-state index in [1.54, 1.807) is 13.8 Å². The lowest BCUT2D eigenvalue weighted by atomic mass is 10.1. The zero-order chi connectivity index (χ0) is 15.7. The minimum absolute atomic E-state index is 0.0689. The summed E-state index contributed by atoms with van der Waals surface area (Å²) >= 11 is 0. The molecule has 5 atom stereocenters. The van der Waals surface area contributed by atoms with E-state index in [1.807, 2.05) is 30.3 Å². The lowest BCUT2D eigenvalue weighted by Crippen LogP contribution is -2.42. The summed E-state index contributed by atoms with van der Waals surface area (Å²) < 4.78 is 22.2. The van der Waals surface area contributed by atoms with Crippen molar-refractivity contribution in [2.75, 3.05) is 6.61 Å². The second-order valence-electron chi connectivity index (χ2n) is 6.13. The summed E-state index contributed by atoms with van der Waals surface area (Å²) in [5.74, 6) is -0.782.